The summed E-state index contributed by atoms with van der Waals surface area (Å²) in [6.45, 7) is 2.10. The van der Waals surface area contributed by atoms with E-state index in [1.807, 2.05) is 37.3 Å². The molecule has 0 spiro atoms. The molecular formula is C20H14N4O3S. The maximum atomic E-state index is 13.1. The maximum Gasteiger partial charge on any atom is 0.262 e. The Bertz CT molecular complexity index is 1320. The molecule has 0 N–H and O–H groups in total. The number of thiophene rings is 1. The third kappa shape index (κ3) is 2.74. The molecule has 4 aromatic heterocycles. The van der Waals surface area contributed by atoms with Crippen LogP contribution < -0.4 is 5.56 Å². The van der Waals surface area contributed by atoms with Gasteiger partial charge in [-0.15, -0.1) is 11.3 Å². The van der Waals surface area contributed by atoms with Crippen molar-refractivity contribution in [3.8, 4) is 22.0 Å². The summed E-state index contributed by atoms with van der Waals surface area (Å²) in [5, 5.41) is 4.52. The van der Waals surface area contributed by atoms with Crippen LogP contribution >= 0.6 is 11.3 Å². The largest absolute Gasteiger partial charge is 0.461 e. The topological polar surface area (TPSA) is 86.9 Å². The standard InChI is InChI=1S/C20H14N4O3S/c1-12-16-19(28-17(12)13-6-3-2-4-7-13)21-11-24(20(16)25)10-15-22-18(23-27-15)14-8-5-9-26-14/h2-9,11H,10H2,1H3. The zero-order valence-corrected chi connectivity index (χ0v) is 15.6. The molecule has 0 aliphatic heterocycles. The normalized spacial score (nSPS) is 11.3. The van der Waals surface area contributed by atoms with Gasteiger partial charge in [0.2, 0.25) is 11.7 Å². The Labute approximate surface area is 162 Å². The van der Waals surface area contributed by atoms with Gasteiger partial charge in [0.1, 0.15) is 11.4 Å². The van der Waals surface area contributed by atoms with Crippen LogP contribution in [-0.4, -0.2) is 19.7 Å². The van der Waals surface area contributed by atoms with Crippen LogP contribution in [0.3, 0.4) is 0 Å². The summed E-state index contributed by atoms with van der Waals surface area (Å²) >= 11 is 1.52. The molecule has 0 saturated carbocycles. The van der Waals surface area contributed by atoms with Crippen molar-refractivity contribution in [2.24, 2.45) is 0 Å². The predicted octanol–water partition coefficient (Wildman–Crippen LogP) is 4.12. The molecule has 0 aliphatic carbocycles. The molecule has 5 rings (SSSR count). The second-order valence-corrected chi connectivity index (χ2v) is 7.27. The van der Waals surface area contributed by atoms with Crippen molar-refractivity contribution >= 4 is 21.6 Å². The highest BCUT2D eigenvalue weighted by molar-refractivity contribution is 7.22. The van der Waals surface area contributed by atoms with E-state index in [1.165, 1.54) is 28.5 Å². The molecule has 0 saturated heterocycles. The Morgan fingerprint density at radius 2 is 2.00 bits per heavy atom. The molecule has 28 heavy (non-hydrogen) atoms. The Morgan fingerprint density at radius 1 is 1.14 bits per heavy atom. The monoisotopic (exact) mass is 390 g/mol. The molecule has 0 bridgehead atoms. The van der Waals surface area contributed by atoms with Crippen LogP contribution in [0.5, 0.6) is 0 Å². The van der Waals surface area contributed by atoms with Crippen molar-refractivity contribution in [1.29, 1.82) is 0 Å². The average molecular weight is 390 g/mol. The van der Waals surface area contributed by atoms with Gasteiger partial charge < -0.3 is 8.94 Å². The summed E-state index contributed by atoms with van der Waals surface area (Å²) in [4.78, 5) is 23.6. The predicted molar refractivity (Wildman–Crippen MR) is 105 cm³/mol. The number of aromatic nitrogens is 4. The van der Waals surface area contributed by atoms with E-state index in [-0.39, 0.29) is 12.1 Å². The minimum absolute atomic E-state index is 0.126. The lowest BCUT2D eigenvalue weighted by Gasteiger charge is -2.02. The first-order valence-corrected chi connectivity index (χ1v) is 9.43. The number of benzene rings is 1. The number of fused-ring (bicyclic) bond motifs is 1. The first-order chi connectivity index (χ1) is 13.7. The molecule has 0 atom stereocenters. The average Bonchev–Trinajstić information content (AvgIpc) is 3.45. The summed E-state index contributed by atoms with van der Waals surface area (Å²) in [6.07, 6.45) is 3.06. The van der Waals surface area contributed by atoms with Crippen molar-refractivity contribution in [3.63, 3.8) is 0 Å². The number of rotatable bonds is 4. The Balaban J connectivity index is 1.54. The molecule has 0 aliphatic rings. The number of hydrogen-bond acceptors (Lipinski definition) is 7. The van der Waals surface area contributed by atoms with Gasteiger partial charge in [0, 0.05) is 4.88 Å². The third-order valence-corrected chi connectivity index (χ3v) is 5.72. The van der Waals surface area contributed by atoms with E-state index < -0.39 is 0 Å². The van der Waals surface area contributed by atoms with Gasteiger partial charge in [0.05, 0.1) is 18.0 Å². The van der Waals surface area contributed by atoms with Gasteiger partial charge in [-0.1, -0.05) is 35.5 Å². The van der Waals surface area contributed by atoms with Crippen molar-refractivity contribution < 1.29 is 8.94 Å². The van der Waals surface area contributed by atoms with Crippen LogP contribution in [0.4, 0.5) is 0 Å². The molecule has 4 heterocycles. The molecule has 0 unspecified atom stereocenters. The van der Waals surface area contributed by atoms with Gasteiger partial charge >= 0.3 is 0 Å². The van der Waals surface area contributed by atoms with Crippen molar-refractivity contribution in [2.45, 2.75) is 13.5 Å². The van der Waals surface area contributed by atoms with Gasteiger partial charge in [0.15, 0.2) is 5.76 Å². The summed E-state index contributed by atoms with van der Waals surface area (Å²) in [7, 11) is 0. The van der Waals surface area contributed by atoms with Gasteiger partial charge in [-0.05, 0) is 30.2 Å². The zero-order valence-electron chi connectivity index (χ0n) is 14.8. The molecular weight excluding hydrogens is 376 g/mol. The second kappa shape index (κ2) is 6.58. The SMILES string of the molecule is Cc1c(-c2ccccc2)sc2ncn(Cc3nc(-c4ccco4)no3)c(=O)c12. The number of nitrogens with zero attached hydrogens (tertiary/aromatic N) is 4. The molecule has 8 heteroatoms. The highest BCUT2D eigenvalue weighted by atomic mass is 32.1. The lowest BCUT2D eigenvalue weighted by molar-refractivity contribution is 0.368. The van der Waals surface area contributed by atoms with Crippen LogP contribution in [0.2, 0.25) is 0 Å². The highest BCUT2D eigenvalue weighted by Crippen LogP contribution is 2.35. The summed E-state index contributed by atoms with van der Waals surface area (Å²) in [6, 6.07) is 13.5. The van der Waals surface area contributed by atoms with E-state index in [0.717, 1.165) is 20.8 Å². The van der Waals surface area contributed by atoms with E-state index in [1.54, 1.807) is 12.1 Å². The molecule has 7 nitrogen and oxygen atoms in total. The first kappa shape index (κ1) is 16.6. The van der Waals surface area contributed by atoms with Crippen molar-refractivity contribution in [2.75, 3.05) is 0 Å². The number of hydrogen-bond donors (Lipinski definition) is 0. The fourth-order valence-corrected chi connectivity index (χ4v) is 4.25. The lowest BCUT2D eigenvalue weighted by atomic mass is 10.1. The van der Waals surface area contributed by atoms with Crippen LogP contribution in [0.25, 0.3) is 32.2 Å². The smallest absolute Gasteiger partial charge is 0.262 e. The lowest BCUT2D eigenvalue weighted by Crippen LogP contribution is -2.21. The summed E-state index contributed by atoms with van der Waals surface area (Å²) in [5.41, 5.74) is 1.88. The van der Waals surface area contributed by atoms with Crippen LogP contribution in [0.1, 0.15) is 11.5 Å². The van der Waals surface area contributed by atoms with Crippen molar-refractivity contribution in [1.82, 2.24) is 19.7 Å². The molecule has 0 amide bonds. The maximum absolute atomic E-state index is 13.1. The van der Waals surface area contributed by atoms with Gasteiger partial charge in [-0.2, -0.15) is 4.98 Å². The Hall–Kier alpha value is -3.52. The van der Waals surface area contributed by atoms with Crippen molar-refractivity contribution in [3.05, 3.63) is 76.9 Å². The van der Waals surface area contributed by atoms with E-state index in [0.29, 0.717) is 22.9 Å². The Morgan fingerprint density at radius 3 is 2.79 bits per heavy atom. The van der Waals surface area contributed by atoms with Crippen LogP contribution in [0, 0.1) is 6.92 Å². The van der Waals surface area contributed by atoms with E-state index in [2.05, 4.69) is 15.1 Å². The van der Waals surface area contributed by atoms with Gasteiger partial charge in [-0.25, -0.2) is 4.98 Å². The minimum atomic E-state index is -0.126. The summed E-state index contributed by atoms with van der Waals surface area (Å²) < 4.78 is 12.0. The first-order valence-electron chi connectivity index (χ1n) is 8.61. The van der Waals surface area contributed by atoms with Gasteiger partial charge in [0.25, 0.3) is 5.56 Å². The highest BCUT2D eigenvalue weighted by Gasteiger charge is 2.17. The van der Waals surface area contributed by atoms with Crippen LogP contribution in [0.15, 0.2) is 68.8 Å². The van der Waals surface area contributed by atoms with E-state index in [9.17, 15) is 4.79 Å². The van der Waals surface area contributed by atoms with Crippen LogP contribution in [-0.2, 0) is 6.54 Å². The zero-order chi connectivity index (χ0) is 19.1. The quantitative estimate of drug-likeness (QED) is 0.459. The fraction of sp³-hybridized carbons (Fsp3) is 0.100. The van der Waals surface area contributed by atoms with Gasteiger partial charge in [-0.3, -0.25) is 9.36 Å². The Kier molecular flexibility index (Phi) is 3.91. The third-order valence-electron chi connectivity index (χ3n) is 4.47. The second-order valence-electron chi connectivity index (χ2n) is 6.27. The molecule has 5 aromatic rings. The number of aryl methyl sites for hydroxylation is 1. The molecule has 1 aromatic carbocycles. The molecule has 0 fully saturated rings. The fourth-order valence-electron chi connectivity index (χ4n) is 3.11. The van der Waals surface area contributed by atoms with E-state index in [4.69, 9.17) is 8.94 Å². The minimum Gasteiger partial charge on any atom is -0.461 e. The molecule has 138 valence electrons. The number of furan rings is 1. The van der Waals surface area contributed by atoms with E-state index >= 15 is 0 Å². The summed E-state index contributed by atoms with van der Waals surface area (Å²) in [5.74, 6) is 1.17. The molecule has 0 radical (unpaired) electrons.